The number of carbonyl (C=O) groups excluding carboxylic acids is 2. The number of hydrogen-bond acceptors (Lipinski definition) is 5. The van der Waals surface area contributed by atoms with Crippen LogP contribution in [0.4, 0.5) is 0 Å². The number of carbonyl (C=O) groups is 2. The number of nitrogens with one attached hydrogen (secondary N) is 1. The summed E-state index contributed by atoms with van der Waals surface area (Å²) in [5.41, 5.74) is 1.66. The van der Waals surface area contributed by atoms with Gasteiger partial charge in [0.15, 0.2) is 0 Å². The van der Waals surface area contributed by atoms with Gasteiger partial charge in [-0.3, -0.25) is 9.59 Å². The molecular formula is C20H17N5O2S. The Kier molecular flexibility index (Phi) is 4.91. The standard InChI is InChI=1S/C20H17N5O2S/c21-8-14-3-1-4-15(7-14)20(27)24-11-16-9-22-13-25(16)18(12-24)19(26)23-10-17-5-2-6-28-17/h1-7,9,13,18H,10-12H2,(H,23,26)/t18-/m1/s1. The molecule has 3 aromatic rings. The monoisotopic (exact) mass is 391 g/mol. The minimum absolute atomic E-state index is 0.157. The Morgan fingerprint density at radius 3 is 3.00 bits per heavy atom. The maximum absolute atomic E-state index is 13.0. The number of imidazole rings is 1. The molecule has 0 fully saturated rings. The van der Waals surface area contributed by atoms with E-state index in [1.807, 2.05) is 28.1 Å². The molecule has 0 bridgehead atoms. The lowest BCUT2D eigenvalue weighted by molar-refractivity contribution is -0.125. The maximum atomic E-state index is 13.0. The molecule has 1 N–H and O–H groups in total. The summed E-state index contributed by atoms with van der Waals surface area (Å²) in [6.07, 6.45) is 3.30. The van der Waals surface area contributed by atoms with E-state index in [0.29, 0.717) is 24.2 Å². The van der Waals surface area contributed by atoms with Crippen molar-refractivity contribution < 1.29 is 9.59 Å². The fourth-order valence-electron chi connectivity index (χ4n) is 3.27. The molecule has 1 aromatic carbocycles. The fraction of sp³-hybridized carbons (Fsp3) is 0.200. The number of thiophene rings is 1. The Morgan fingerprint density at radius 2 is 2.21 bits per heavy atom. The molecular weight excluding hydrogens is 374 g/mol. The number of nitriles is 1. The zero-order valence-electron chi connectivity index (χ0n) is 14.9. The van der Waals surface area contributed by atoms with Crippen LogP contribution in [-0.4, -0.2) is 32.8 Å². The second kappa shape index (κ2) is 7.66. The second-order valence-corrected chi connectivity index (χ2v) is 7.52. The highest BCUT2D eigenvalue weighted by atomic mass is 32.1. The molecule has 140 valence electrons. The number of amides is 2. The summed E-state index contributed by atoms with van der Waals surface area (Å²) >= 11 is 1.58. The van der Waals surface area contributed by atoms with Crippen LogP contribution in [0.5, 0.6) is 0 Å². The Bertz CT molecular complexity index is 1050. The van der Waals surface area contributed by atoms with Crippen molar-refractivity contribution in [2.24, 2.45) is 0 Å². The molecule has 3 heterocycles. The lowest BCUT2D eigenvalue weighted by Crippen LogP contribution is -2.46. The van der Waals surface area contributed by atoms with Crippen LogP contribution in [0.3, 0.4) is 0 Å². The minimum atomic E-state index is -0.547. The largest absolute Gasteiger partial charge is 0.349 e. The van der Waals surface area contributed by atoms with Gasteiger partial charge >= 0.3 is 0 Å². The second-order valence-electron chi connectivity index (χ2n) is 6.48. The molecule has 0 saturated carbocycles. The maximum Gasteiger partial charge on any atom is 0.254 e. The predicted molar refractivity (Wildman–Crippen MR) is 103 cm³/mol. The number of aromatic nitrogens is 2. The van der Waals surface area contributed by atoms with E-state index >= 15 is 0 Å². The molecule has 1 aliphatic rings. The zero-order chi connectivity index (χ0) is 19.5. The molecule has 0 unspecified atom stereocenters. The van der Waals surface area contributed by atoms with Gasteiger partial charge in [-0.1, -0.05) is 12.1 Å². The first-order valence-electron chi connectivity index (χ1n) is 8.76. The minimum Gasteiger partial charge on any atom is -0.349 e. The lowest BCUT2D eigenvalue weighted by atomic mass is 10.1. The van der Waals surface area contributed by atoms with Crippen molar-refractivity contribution >= 4 is 23.2 Å². The van der Waals surface area contributed by atoms with Crippen LogP contribution in [-0.2, 0) is 17.9 Å². The van der Waals surface area contributed by atoms with Crippen LogP contribution < -0.4 is 5.32 Å². The van der Waals surface area contributed by atoms with Crippen LogP contribution in [0.25, 0.3) is 0 Å². The van der Waals surface area contributed by atoms with Crippen LogP contribution in [0.1, 0.15) is 32.5 Å². The van der Waals surface area contributed by atoms with E-state index in [-0.39, 0.29) is 18.4 Å². The van der Waals surface area contributed by atoms with Gasteiger partial charge < -0.3 is 14.8 Å². The molecule has 1 aliphatic heterocycles. The molecule has 1 atom stereocenters. The molecule has 7 nitrogen and oxygen atoms in total. The van der Waals surface area contributed by atoms with Gasteiger partial charge in [0.05, 0.1) is 43.3 Å². The van der Waals surface area contributed by atoms with Gasteiger partial charge in [0.25, 0.3) is 5.91 Å². The third-order valence-electron chi connectivity index (χ3n) is 4.67. The summed E-state index contributed by atoms with van der Waals surface area (Å²) in [5.74, 6) is -0.364. The van der Waals surface area contributed by atoms with Crippen molar-refractivity contribution in [2.75, 3.05) is 6.54 Å². The van der Waals surface area contributed by atoms with Crippen molar-refractivity contribution in [3.8, 4) is 6.07 Å². The summed E-state index contributed by atoms with van der Waals surface area (Å²) in [4.78, 5) is 32.6. The summed E-state index contributed by atoms with van der Waals surface area (Å²) < 4.78 is 1.82. The summed E-state index contributed by atoms with van der Waals surface area (Å²) in [7, 11) is 0. The van der Waals surface area contributed by atoms with Gasteiger partial charge in [0.2, 0.25) is 5.91 Å². The Balaban J connectivity index is 1.54. The summed E-state index contributed by atoms with van der Waals surface area (Å²) in [6.45, 7) is 1.06. The molecule has 8 heteroatoms. The number of fused-ring (bicyclic) bond motifs is 1. The van der Waals surface area contributed by atoms with E-state index in [9.17, 15) is 9.59 Å². The molecule has 0 radical (unpaired) electrons. The molecule has 0 aliphatic carbocycles. The van der Waals surface area contributed by atoms with Crippen molar-refractivity contribution in [3.63, 3.8) is 0 Å². The van der Waals surface area contributed by atoms with E-state index in [2.05, 4.69) is 10.3 Å². The van der Waals surface area contributed by atoms with Crippen molar-refractivity contribution in [1.82, 2.24) is 19.8 Å². The molecule has 28 heavy (non-hydrogen) atoms. The first kappa shape index (κ1) is 17.9. The summed E-state index contributed by atoms with van der Waals surface area (Å²) in [6, 6.07) is 12.0. The number of nitrogens with zero attached hydrogens (tertiary/aromatic N) is 4. The topological polar surface area (TPSA) is 91.0 Å². The van der Waals surface area contributed by atoms with Gasteiger partial charge in [-0.15, -0.1) is 11.3 Å². The fourth-order valence-corrected chi connectivity index (χ4v) is 3.91. The van der Waals surface area contributed by atoms with Gasteiger partial charge in [-0.25, -0.2) is 4.98 Å². The average Bonchev–Trinajstić information content (AvgIpc) is 3.42. The number of hydrogen-bond donors (Lipinski definition) is 1. The van der Waals surface area contributed by atoms with Crippen LogP contribution in [0, 0.1) is 11.3 Å². The Morgan fingerprint density at radius 1 is 1.32 bits per heavy atom. The van der Waals surface area contributed by atoms with Crippen molar-refractivity contribution in [2.45, 2.75) is 19.1 Å². The lowest BCUT2D eigenvalue weighted by Gasteiger charge is -2.33. The summed E-state index contributed by atoms with van der Waals surface area (Å²) in [5, 5.41) is 14.0. The van der Waals surface area contributed by atoms with E-state index < -0.39 is 6.04 Å². The first-order valence-corrected chi connectivity index (χ1v) is 9.64. The van der Waals surface area contributed by atoms with Gasteiger partial charge in [-0.05, 0) is 29.6 Å². The third-order valence-corrected chi connectivity index (χ3v) is 5.55. The van der Waals surface area contributed by atoms with E-state index in [4.69, 9.17) is 5.26 Å². The van der Waals surface area contributed by atoms with E-state index in [0.717, 1.165) is 10.6 Å². The molecule has 2 aromatic heterocycles. The van der Waals surface area contributed by atoms with Gasteiger partial charge in [0, 0.05) is 16.6 Å². The molecule has 0 spiro atoms. The van der Waals surface area contributed by atoms with Gasteiger partial charge in [-0.2, -0.15) is 5.26 Å². The predicted octanol–water partition coefficient (Wildman–Crippen LogP) is 2.33. The first-order chi connectivity index (χ1) is 13.7. The number of rotatable bonds is 4. The van der Waals surface area contributed by atoms with Crippen molar-refractivity contribution in [3.05, 3.63) is 76.0 Å². The Labute approximate surface area is 165 Å². The third kappa shape index (κ3) is 3.52. The van der Waals surface area contributed by atoms with Gasteiger partial charge in [0.1, 0.15) is 6.04 Å². The van der Waals surface area contributed by atoms with Crippen LogP contribution in [0.2, 0.25) is 0 Å². The highest BCUT2D eigenvalue weighted by molar-refractivity contribution is 7.09. The van der Waals surface area contributed by atoms with Crippen LogP contribution >= 0.6 is 11.3 Å². The highest BCUT2D eigenvalue weighted by Gasteiger charge is 2.32. The van der Waals surface area contributed by atoms with Crippen LogP contribution in [0.15, 0.2) is 54.3 Å². The Hall–Kier alpha value is -3.44. The van der Waals surface area contributed by atoms with E-state index in [1.165, 1.54) is 0 Å². The van der Waals surface area contributed by atoms with E-state index in [1.54, 1.807) is 53.0 Å². The SMILES string of the molecule is N#Cc1cccc(C(=O)N2Cc3cncn3[C@@H](C(=O)NCc3cccs3)C2)c1. The smallest absolute Gasteiger partial charge is 0.254 e. The number of benzene rings is 1. The highest BCUT2D eigenvalue weighted by Crippen LogP contribution is 2.23. The quantitative estimate of drug-likeness (QED) is 0.739. The van der Waals surface area contributed by atoms with Crippen molar-refractivity contribution in [1.29, 1.82) is 5.26 Å². The average molecular weight is 391 g/mol. The molecule has 0 saturated heterocycles. The molecule has 4 rings (SSSR count). The molecule has 2 amide bonds. The normalized spacial score (nSPS) is 15.5. The zero-order valence-corrected chi connectivity index (χ0v) is 15.7.